The molecule has 0 aliphatic rings. The van der Waals surface area contributed by atoms with Crippen molar-refractivity contribution in [3.63, 3.8) is 0 Å². The van der Waals surface area contributed by atoms with Crippen LogP contribution < -0.4 is 15.5 Å². The van der Waals surface area contributed by atoms with E-state index in [1.54, 1.807) is 12.1 Å². The topological polar surface area (TPSA) is 145 Å². The Kier molecular flexibility index (Phi) is 8.82. The summed E-state index contributed by atoms with van der Waals surface area (Å²) in [5, 5.41) is 21.2. The van der Waals surface area contributed by atoms with Crippen molar-refractivity contribution >= 4 is 21.6 Å². The van der Waals surface area contributed by atoms with Crippen LogP contribution in [0.2, 0.25) is 0 Å². The molecule has 5 N–H and O–H groups in total. The smallest absolute Gasteiger partial charge is 0.211 e. The second-order valence-corrected chi connectivity index (χ2v) is 7.91. The third-order valence-electron chi connectivity index (χ3n) is 3.83. The summed E-state index contributed by atoms with van der Waals surface area (Å²) in [5.41, 5.74) is 2.68. The molecule has 1 rings (SSSR count). The van der Waals surface area contributed by atoms with Gasteiger partial charge in [-0.05, 0) is 38.0 Å². The first-order valence-corrected chi connectivity index (χ1v) is 9.77. The van der Waals surface area contributed by atoms with Gasteiger partial charge in [0.1, 0.15) is 5.75 Å². The van der Waals surface area contributed by atoms with E-state index < -0.39 is 27.9 Å². The lowest BCUT2D eigenvalue weighted by Crippen LogP contribution is -2.47. The Labute approximate surface area is 152 Å². The Morgan fingerprint density at radius 3 is 2.27 bits per heavy atom. The molecule has 146 valence electrons. The zero-order valence-electron chi connectivity index (χ0n) is 14.7. The number of carbonyl (C=O) groups excluding carboxylic acids is 2. The van der Waals surface area contributed by atoms with Crippen molar-refractivity contribution in [2.75, 3.05) is 18.8 Å². The number of aromatic hydroxyl groups is 1. The molecule has 0 aliphatic carbocycles. The van der Waals surface area contributed by atoms with Gasteiger partial charge in [0.15, 0.2) is 11.6 Å². The van der Waals surface area contributed by atoms with Crippen LogP contribution in [0.4, 0.5) is 0 Å². The van der Waals surface area contributed by atoms with E-state index in [1.807, 2.05) is 5.48 Å². The van der Waals surface area contributed by atoms with Gasteiger partial charge in [-0.2, -0.15) is 5.48 Å². The average Bonchev–Trinajstić information content (AvgIpc) is 2.63. The molecule has 0 radical (unpaired) electrons. The average molecular weight is 387 g/mol. The lowest BCUT2D eigenvalue weighted by Gasteiger charge is -2.17. The quantitative estimate of drug-likeness (QED) is 0.297. The standard InChI is InChI=1S/C16H25N3O6S/c1-3-26(24,25)18-10-15(21)11(2)17-9-16(22)14(19-23)8-12-4-6-13(20)7-5-12/h4-7,11,14,17-20,23H,3,8-10H2,1-2H3/t11-,14-/m0/s1. The van der Waals surface area contributed by atoms with Crippen molar-refractivity contribution in [3.05, 3.63) is 29.8 Å². The van der Waals surface area contributed by atoms with Gasteiger partial charge in [0.25, 0.3) is 0 Å². The molecule has 0 amide bonds. The molecule has 0 saturated carbocycles. The van der Waals surface area contributed by atoms with Gasteiger partial charge in [-0.15, -0.1) is 0 Å². The van der Waals surface area contributed by atoms with Gasteiger partial charge in [-0.25, -0.2) is 13.1 Å². The Hall–Kier alpha value is -1.85. The minimum atomic E-state index is -3.46. The van der Waals surface area contributed by atoms with Crippen molar-refractivity contribution in [2.45, 2.75) is 32.4 Å². The maximum absolute atomic E-state index is 12.2. The molecule has 9 nitrogen and oxygen atoms in total. The monoisotopic (exact) mass is 387 g/mol. The lowest BCUT2D eigenvalue weighted by molar-refractivity contribution is -0.123. The molecule has 0 fully saturated rings. The van der Waals surface area contributed by atoms with Crippen molar-refractivity contribution in [2.24, 2.45) is 0 Å². The van der Waals surface area contributed by atoms with E-state index in [9.17, 15) is 28.3 Å². The molecular formula is C16H25N3O6S. The highest BCUT2D eigenvalue weighted by Gasteiger charge is 2.21. The fraction of sp³-hybridized carbons (Fsp3) is 0.500. The fourth-order valence-corrected chi connectivity index (χ4v) is 2.59. The fourth-order valence-electron chi connectivity index (χ4n) is 2.03. The van der Waals surface area contributed by atoms with E-state index in [1.165, 1.54) is 26.0 Å². The summed E-state index contributed by atoms with van der Waals surface area (Å²) in [6.07, 6.45) is 0.204. The normalized spacial score (nSPS) is 14.0. The van der Waals surface area contributed by atoms with Gasteiger partial charge in [-0.1, -0.05) is 12.1 Å². The summed E-state index contributed by atoms with van der Waals surface area (Å²) in [7, 11) is -3.46. The summed E-state index contributed by atoms with van der Waals surface area (Å²) in [5.74, 6) is -0.792. The van der Waals surface area contributed by atoms with E-state index in [0.29, 0.717) is 0 Å². The van der Waals surface area contributed by atoms with Crippen LogP contribution in [0.25, 0.3) is 0 Å². The largest absolute Gasteiger partial charge is 0.508 e. The van der Waals surface area contributed by atoms with Crippen molar-refractivity contribution in [3.8, 4) is 5.75 Å². The number of hydroxylamine groups is 1. The van der Waals surface area contributed by atoms with Gasteiger partial charge in [0, 0.05) is 0 Å². The number of ketones is 2. The van der Waals surface area contributed by atoms with Gasteiger partial charge < -0.3 is 15.6 Å². The second kappa shape index (κ2) is 10.3. The highest BCUT2D eigenvalue weighted by molar-refractivity contribution is 7.89. The molecule has 0 bridgehead atoms. The molecule has 0 heterocycles. The Morgan fingerprint density at radius 1 is 1.12 bits per heavy atom. The van der Waals surface area contributed by atoms with Crippen molar-refractivity contribution < 1.29 is 28.3 Å². The van der Waals surface area contributed by atoms with E-state index in [4.69, 9.17) is 0 Å². The molecule has 0 aromatic heterocycles. The molecule has 0 unspecified atom stereocenters. The summed E-state index contributed by atoms with van der Waals surface area (Å²) >= 11 is 0. The van der Waals surface area contributed by atoms with Crippen LogP contribution in [0.5, 0.6) is 5.75 Å². The first-order valence-electron chi connectivity index (χ1n) is 8.12. The van der Waals surface area contributed by atoms with Gasteiger partial charge in [0.05, 0.1) is 30.9 Å². The minimum absolute atomic E-state index is 0.0984. The van der Waals surface area contributed by atoms with E-state index in [0.717, 1.165) is 5.56 Å². The van der Waals surface area contributed by atoms with Crippen molar-refractivity contribution in [1.82, 2.24) is 15.5 Å². The number of phenols is 1. The van der Waals surface area contributed by atoms with Crippen LogP contribution in [-0.4, -0.2) is 61.2 Å². The van der Waals surface area contributed by atoms with Crippen LogP contribution in [0.15, 0.2) is 24.3 Å². The first-order chi connectivity index (χ1) is 12.2. The zero-order valence-corrected chi connectivity index (χ0v) is 15.5. The number of hydrogen-bond donors (Lipinski definition) is 5. The van der Waals surface area contributed by atoms with Gasteiger partial charge in [0.2, 0.25) is 10.0 Å². The van der Waals surface area contributed by atoms with Gasteiger partial charge >= 0.3 is 0 Å². The van der Waals surface area contributed by atoms with Crippen LogP contribution in [0.1, 0.15) is 19.4 Å². The van der Waals surface area contributed by atoms with Crippen LogP contribution >= 0.6 is 0 Å². The summed E-state index contributed by atoms with van der Waals surface area (Å²) < 4.78 is 24.8. The first kappa shape index (κ1) is 22.2. The molecule has 0 aliphatic heterocycles. The molecule has 0 saturated heterocycles. The Morgan fingerprint density at radius 2 is 1.73 bits per heavy atom. The third-order valence-corrected chi connectivity index (χ3v) is 5.18. The second-order valence-electron chi connectivity index (χ2n) is 5.81. The van der Waals surface area contributed by atoms with Crippen LogP contribution in [0.3, 0.4) is 0 Å². The number of phenolic OH excluding ortho intramolecular Hbond substituents is 1. The van der Waals surface area contributed by atoms with Gasteiger partial charge in [-0.3, -0.25) is 9.59 Å². The van der Waals surface area contributed by atoms with Crippen molar-refractivity contribution in [1.29, 1.82) is 0 Å². The number of rotatable bonds is 12. The maximum atomic E-state index is 12.2. The number of nitrogens with one attached hydrogen (secondary N) is 3. The zero-order chi connectivity index (χ0) is 19.7. The molecule has 10 heteroatoms. The number of benzene rings is 1. The maximum Gasteiger partial charge on any atom is 0.211 e. The molecule has 1 aromatic rings. The predicted molar refractivity (Wildman–Crippen MR) is 95.5 cm³/mol. The molecule has 1 aromatic carbocycles. The summed E-state index contributed by atoms with van der Waals surface area (Å²) in [6, 6.07) is 4.60. The lowest BCUT2D eigenvalue weighted by atomic mass is 10.0. The Balaban J connectivity index is 2.49. The SMILES string of the molecule is CCS(=O)(=O)NCC(=O)[C@H](C)NCC(=O)[C@H](Cc1ccc(O)cc1)NO. The highest BCUT2D eigenvalue weighted by atomic mass is 32.2. The summed E-state index contributed by atoms with van der Waals surface area (Å²) in [6.45, 7) is 2.46. The van der Waals surface area contributed by atoms with Crippen LogP contribution in [-0.2, 0) is 26.0 Å². The van der Waals surface area contributed by atoms with E-state index in [-0.39, 0.29) is 36.8 Å². The minimum Gasteiger partial charge on any atom is -0.508 e. The third kappa shape index (κ3) is 7.58. The van der Waals surface area contributed by atoms with E-state index >= 15 is 0 Å². The summed E-state index contributed by atoms with van der Waals surface area (Å²) in [4.78, 5) is 24.1. The molecular weight excluding hydrogens is 362 g/mol. The predicted octanol–water partition coefficient (Wildman–Crippen LogP) is -0.662. The molecule has 26 heavy (non-hydrogen) atoms. The molecule has 2 atom stereocenters. The highest BCUT2D eigenvalue weighted by Crippen LogP contribution is 2.11. The number of hydrogen-bond acceptors (Lipinski definition) is 8. The number of sulfonamides is 1. The van der Waals surface area contributed by atoms with E-state index in [2.05, 4.69) is 10.0 Å². The number of Topliss-reactive ketones (excluding diaryl/α,β-unsaturated/α-hetero) is 2. The molecule has 0 spiro atoms. The van der Waals surface area contributed by atoms with Crippen LogP contribution in [0, 0.1) is 0 Å². The number of carbonyl (C=O) groups is 2. The Bertz CT molecular complexity index is 705.